The summed E-state index contributed by atoms with van der Waals surface area (Å²) < 4.78 is 40.5. The first-order valence-electron chi connectivity index (χ1n) is 10.5. The standard InChI is InChI=1S/C26H22ClF3N2O/c27-20-12-10-18(11-13-20)14-15-31-24(19-6-2-1-3-7-19)25(33)22-16-32(17-26(28,29)30)23-9-5-4-8-21(22)23/h1-13,16,24,31H,14-15,17H2. The van der Waals surface area contributed by atoms with Crippen molar-refractivity contribution in [2.75, 3.05) is 6.54 Å². The maximum atomic E-state index is 13.7. The second kappa shape index (κ2) is 9.81. The number of alkyl halides is 3. The lowest BCUT2D eigenvalue weighted by Crippen LogP contribution is -2.30. The maximum absolute atomic E-state index is 13.7. The lowest BCUT2D eigenvalue weighted by Gasteiger charge is -2.18. The van der Waals surface area contributed by atoms with Gasteiger partial charge >= 0.3 is 6.18 Å². The molecule has 1 atom stereocenters. The van der Waals surface area contributed by atoms with Crippen LogP contribution in [0.2, 0.25) is 5.02 Å². The second-order valence-corrected chi connectivity index (χ2v) is 8.28. The van der Waals surface area contributed by atoms with E-state index in [1.807, 2.05) is 54.6 Å². The Bertz CT molecular complexity index is 1230. The average molecular weight is 471 g/mol. The molecule has 1 heterocycles. The third-order valence-electron chi connectivity index (χ3n) is 5.47. The van der Waals surface area contributed by atoms with E-state index in [1.165, 1.54) is 6.20 Å². The van der Waals surface area contributed by atoms with Gasteiger partial charge < -0.3 is 9.88 Å². The molecule has 0 aliphatic rings. The summed E-state index contributed by atoms with van der Waals surface area (Å²) in [6.07, 6.45) is -2.40. The molecule has 170 valence electrons. The molecule has 0 spiro atoms. The molecule has 0 amide bonds. The lowest BCUT2D eigenvalue weighted by molar-refractivity contribution is -0.139. The minimum atomic E-state index is -4.39. The summed E-state index contributed by atoms with van der Waals surface area (Å²) in [4.78, 5) is 13.7. The number of nitrogens with zero attached hydrogens (tertiary/aromatic N) is 1. The fourth-order valence-corrected chi connectivity index (χ4v) is 4.07. The molecule has 1 aromatic heterocycles. The van der Waals surface area contributed by atoms with Gasteiger partial charge in [-0.1, -0.05) is 72.3 Å². The largest absolute Gasteiger partial charge is 0.406 e. The Balaban J connectivity index is 1.64. The van der Waals surface area contributed by atoms with E-state index < -0.39 is 18.8 Å². The van der Waals surface area contributed by atoms with Crippen molar-refractivity contribution >= 4 is 28.3 Å². The fraction of sp³-hybridized carbons (Fsp3) is 0.192. The number of halogens is 4. The van der Waals surface area contributed by atoms with E-state index in [9.17, 15) is 18.0 Å². The molecule has 4 aromatic rings. The predicted molar refractivity (Wildman–Crippen MR) is 125 cm³/mol. The van der Waals surface area contributed by atoms with Gasteiger partial charge in [0.2, 0.25) is 0 Å². The first-order valence-corrected chi connectivity index (χ1v) is 10.9. The highest BCUT2D eigenvalue weighted by atomic mass is 35.5. The molecule has 3 nitrogen and oxygen atoms in total. The van der Waals surface area contributed by atoms with Crippen LogP contribution < -0.4 is 5.32 Å². The molecule has 1 N–H and O–H groups in total. The SMILES string of the molecule is O=C(c1cn(CC(F)(F)F)c2ccccc12)C(NCCc1ccc(Cl)cc1)c1ccccc1. The van der Waals surface area contributed by atoms with Crippen molar-refractivity contribution in [2.45, 2.75) is 25.2 Å². The highest BCUT2D eigenvalue weighted by Crippen LogP contribution is 2.29. The quantitative estimate of drug-likeness (QED) is 0.294. The van der Waals surface area contributed by atoms with E-state index in [0.29, 0.717) is 28.9 Å². The van der Waals surface area contributed by atoms with Crippen LogP contribution in [0.15, 0.2) is 85.1 Å². The molecule has 33 heavy (non-hydrogen) atoms. The zero-order valence-electron chi connectivity index (χ0n) is 17.6. The molecule has 0 aliphatic carbocycles. The molecule has 4 rings (SSSR count). The summed E-state index contributed by atoms with van der Waals surface area (Å²) in [5.74, 6) is -0.269. The molecule has 0 bridgehead atoms. The molecular weight excluding hydrogens is 449 g/mol. The van der Waals surface area contributed by atoms with Crippen LogP contribution in [0.25, 0.3) is 10.9 Å². The monoisotopic (exact) mass is 470 g/mol. The van der Waals surface area contributed by atoms with Gasteiger partial charge in [0.1, 0.15) is 6.54 Å². The number of rotatable bonds is 8. The molecule has 7 heteroatoms. The van der Waals surface area contributed by atoms with Crippen molar-refractivity contribution in [1.82, 2.24) is 9.88 Å². The number of nitrogens with one attached hydrogen (secondary N) is 1. The van der Waals surface area contributed by atoms with Crippen molar-refractivity contribution < 1.29 is 18.0 Å². The fourth-order valence-electron chi connectivity index (χ4n) is 3.94. The van der Waals surface area contributed by atoms with E-state index in [4.69, 9.17) is 11.6 Å². The van der Waals surface area contributed by atoms with Crippen LogP contribution >= 0.6 is 11.6 Å². The molecular formula is C26H22ClF3N2O. The van der Waals surface area contributed by atoms with Crippen molar-refractivity contribution in [3.05, 3.63) is 107 Å². The minimum Gasteiger partial charge on any atom is -0.338 e. The molecule has 0 saturated carbocycles. The summed E-state index contributed by atoms with van der Waals surface area (Å²) in [7, 11) is 0. The van der Waals surface area contributed by atoms with Gasteiger partial charge in [-0.05, 0) is 35.7 Å². The molecule has 0 radical (unpaired) electrons. The maximum Gasteiger partial charge on any atom is 0.406 e. The molecule has 0 fully saturated rings. The molecule has 0 saturated heterocycles. The van der Waals surface area contributed by atoms with Crippen LogP contribution in [0.4, 0.5) is 13.2 Å². The van der Waals surface area contributed by atoms with E-state index in [2.05, 4.69) is 5.32 Å². The Morgan fingerprint density at radius 3 is 2.30 bits per heavy atom. The first kappa shape index (κ1) is 23.1. The van der Waals surface area contributed by atoms with Crippen molar-refractivity contribution in [2.24, 2.45) is 0 Å². The normalized spacial score (nSPS) is 12.7. The highest BCUT2D eigenvalue weighted by Gasteiger charge is 2.31. The third kappa shape index (κ3) is 5.64. The van der Waals surface area contributed by atoms with Gasteiger partial charge in [0.25, 0.3) is 0 Å². The molecule has 1 unspecified atom stereocenters. The Morgan fingerprint density at radius 2 is 1.61 bits per heavy atom. The van der Waals surface area contributed by atoms with E-state index >= 15 is 0 Å². The number of para-hydroxylation sites is 1. The van der Waals surface area contributed by atoms with Crippen molar-refractivity contribution in [3.63, 3.8) is 0 Å². The Labute approximate surface area is 194 Å². The van der Waals surface area contributed by atoms with Gasteiger partial charge in [-0.15, -0.1) is 0 Å². The minimum absolute atomic E-state index is 0.266. The van der Waals surface area contributed by atoms with Crippen LogP contribution in [-0.4, -0.2) is 23.1 Å². The topological polar surface area (TPSA) is 34.0 Å². The van der Waals surface area contributed by atoms with Gasteiger partial charge in [-0.3, -0.25) is 4.79 Å². The third-order valence-corrected chi connectivity index (χ3v) is 5.73. The smallest absolute Gasteiger partial charge is 0.338 e. The van der Waals surface area contributed by atoms with Crippen LogP contribution in [0, 0.1) is 0 Å². The summed E-state index contributed by atoms with van der Waals surface area (Å²) in [5.41, 5.74) is 2.47. The van der Waals surface area contributed by atoms with Gasteiger partial charge in [0.05, 0.1) is 6.04 Å². The number of fused-ring (bicyclic) bond motifs is 1. The van der Waals surface area contributed by atoms with Gasteiger partial charge in [0, 0.05) is 34.2 Å². The van der Waals surface area contributed by atoms with E-state index in [0.717, 1.165) is 15.7 Å². The van der Waals surface area contributed by atoms with Crippen molar-refractivity contribution in [1.29, 1.82) is 0 Å². The van der Waals surface area contributed by atoms with E-state index in [1.54, 1.807) is 24.3 Å². The number of hydrogen-bond acceptors (Lipinski definition) is 2. The Hall–Kier alpha value is -3.09. The highest BCUT2D eigenvalue weighted by molar-refractivity contribution is 6.30. The second-order valence-electron chi connectivity index (χ2n) is 7.84. The molecule has 0 aliphatic heterocycles. The Morgan fingerprint density at radius 1 is 0.939 bits per heavy atom. The van der Waals surface area contributed by atoms with Gasteiger partial charge in [0.15, 0.2) is 5.78 Å². The zero-order chi connectivity index (χ0) is 23.4. The first-order chi connectivity index (χ1) is 15.8. The summed E-state index contributed by atoms with van der Waals surface area (Å²) in [6, 6.07) is 22.7. The summed E-state index contributed by atoms with van der Waals surface area (Å²) in [6.45, 7) is -0.644. The number of Topliss-reactive ketones (excluding diaryl/α,β-unsaturated/α-hetero) is 1. The Kier molecular flexibility index (Phi) is 6.86. The molecule has 3 aromatic carbocycles. The number of hydrogen-bond donors (Lipinski definition) is 1. The van der Waals surface area contributed by atoms with Gasteiger partial charge in [-0.2, -0.15) is 13.2 Å². The van der Waals surface area contributed by atoms with E-state index in [-0.39, 0.29) is 11.3 Å². The number of carbonyl (C=O) groups excluding carboxylic acids is 1. The van der Waals surface area contributed by atoms with Crippen molar-refractivity contribution in [3.8, 4) is 0 Å². The number of carbonyl (C=O) groups is 1. The average Bonchev–Trinajstić information content (AvgIpc) is 3.15. The predicted octanol–water partition coefficient (Wildman–Crippen LogP) is 6.61. The number of benzene rings is 3. The number of ketones is 1. The lowest BCUT2D eigenvalue weighted by atomic mass is 9.96. The number of aromatic nitrogens is 1. The zero-order valence-corrected chi connectivity index (χ0v) is 18.4. The summed E-state index contributed by atoms with van der Waals surface area (Å²) >= 11 is 5.94. The van der Waals surface area contributed by atoms with Crippen LogP contribution in [0.1, 0.15) is 27.5 Å². The van der Waals surface area contributed by atoms with Crippen LogP contribution in [0.5, 0.6) is 0 Å². The van der Waals surface area contributed by atoms with Gasteiger partial charge in [-0.25, -0.2) is 0 Å². The van der Waals surface area contributed by atoms with Crippen LogP contribution in [-0.2, 0) is 13.0 Å². The summed E-state index contributed by atoms with van der Waals surface area (Å²) in [5, 5.41) is 4.46. The van der Waals surface area contributed by atoms with Crippen LogP contribution in [0.3, 0.4) is 0 Å².